The molecule has 4 heteroatoms. The van der Waals surface area contributed by atoms with Gasteiger partial charge in [0.05, 0.1) is 6.20 Å². The van der Waals surface area contributed by atoms with Gasteiger partial charge in [-0.25, -0.2) is 0 Å². The topological polar surface area (TPSA) is 35.2 Å². The second-order valence-electron chi connectivity index (χ2n) is 8.57. The van der Waals surface area contributed by atoms with Crippen LogP contribution in [0.1, 0.15) is 68.5 Å². The van der Waals surface area contributed by atoms with Crippen LogP contribution in [-0.4, -0.2) is 53.2 Å². The fourth-order valence-electron chi connectivity index (χ4n) is 5.37. The van der Waals surface area contributed by atoms with Gasteiger partial charge in [0, 0.05) is 30.3 Å². The van der Waals surface area contributed by atoms with Crippen LogP contribution in [0.5, 0.6) is 0 Å². The summed E-state index contributed by atoms with van der Waals surface area (Å²) in [5.41, 5.74) is 2.93. The molecule has 4 rings (SSSR count). The Morgan fingerprint density at radius 1 is 1.00 bits per heavy atom. The Hall–Kier alpha value is -0.870. The van der Waals surface area contributed by atoms with Crippen LogP contribution < -0.4 is 0 Å². The molecule has 0 bridgehead atoms. The first-order valence-corrected chi connectivity index (χ1v) is 10.2. The minimum Gasteiger partial charge on any atom is -0.306 e. The van der Waals surface area contributed by atoms with Gasteiger partial charge in [-0.2, -0.15) is 5.10 Å². The zero-order valence-electron chi connectivity index (χ0n) is 15.3. The minimum atomic E-state index is 0.739. The lowest BCUT2D eigenvalue weighted by molar-refractivity contribution is 0.142. The zero-order chi connectivity index (χ0) is 16.4. The molecule has 0 amide bonds. The van der Waals surface area contributed by atoms with Crippen molar-refractivity contribution in [1.82, 2.24) is 20.0 Å². The molecule has 0 spiro atoms. The largest absolute Gasteiger partial charge is 0.306 e. The average Bonchev–Trinajstić information content (AvgIpc) is 3.25. The first kappa shape index (κ1) is 16.6. The maximum Gasteiger partial charge on any atom is 0.0535 e. The molecule has 1 N–H and O–H groups in total. The number of aromatic nitrogens is 2. The average molecular weight is 331 g/mol. The van der Waals surface area contributed by atoms with E-state index >= 15 is 0 Å². The Balaban J connectivity index is 1.30. The van der Waals surface area contributed by atoms with Gasteiger partial charge in [-0.1, -0.05) is 19.3 Å². The van der Waals surface area contributed by atoms with E-state index in [4.69, 9.17) is 0 Å². The highest BCUT2D eigenvalue weighted by atomic mass is 15.2. The highest BCUT2D eigenvalue weighted by Crippen LogP contribution is 2.35. The maximum atomic E-state index is 4.39. The molecule has 0 radical (unpaired) electrons. The molecule has 2 saturated heterocycles. The predicted octanol–water partition coefficient (Wildman–Crippen LogP) is 3.62. The molecule has 3 heterocycles. The van der Waals surface area contributed by atoms with E-state index in [1.165, 1.54) is 88.8 Å². The van der Waals surface area contributed by atoms with Crippen LogP contribution in [0.25, 0.3) is 0 Å². The summed E-state index contributed by atoms with van der Waals surface area (Å²) in [5.74, 6) is 2.67. The van der Waals surface area contributed by atoms with Crippen LogP contribution in [0.3, 0.4) is 0 Å². The highest BCUT2D eigenvalue weighted by molar-refractivity contribution is 5.21. The number of likely N-dealkylation sites (tertiary alicyclic amines) is 2. The van der Waals surface area contributed by atoms with Gasteiger partial charge in [0.15, 0.2) is 0 Å². The van der Waals surface area contributed by atoms with Crippen LogP contribution in [0.15, 0.2) is 6.20 Å². The Bertz CT molecular complexity index is 511. The summed E-state index contributed by atoms with van der Waals surface area (Å²) in [6.07, 6.45) is 13.2. The summed E-state index contributed by atoms with van der Waals surface area (Å²) in [6.45, 7) is 6.31. The van der Waals surface area contributed by atoms with Crippen LogP contribution in [0.2, 0.25) is 0 Å². The zero-order valence-corrected chi connectivity index (χ0v) is 15.3. The fraction of sp³-hybridized carbons (Fsp3) is 0.850. The van der Waals surface area contributed by atoms with E-state index in [2.05, 4.69) is 33.2 Å². The smallest absolute Gasteiger partial charge is 0.0535 e. The van der Waals surface area contributed by atoms with Gasteiger partial charge in [0.1, 0.15) is 0 Å². The van der Waals surface area contributed by atoms with Gasteiger partial charge in [-0.05, 0) is 70.6 Å². The van der Waals surface area contributed by atoms with E-state index in [9.17, 15) is 0 Å². The van der Waals surface area contributed by atoms with Gasteiger partial charge in [-0.15, -0.1) is 0 Å². The Morgan fingerprint density at radius 3 is 2.46 bits per heavy atom. The van der Waals surface area contributed by atoms with Crippen molar-refractivity contribution >= 4 is 0 Å². The molecule has 24 heavy (non-hydrogen) atoms. The molecule has 3 fully saturated rings. The van der Waals surface area contributed by atoms with E-state index in [-0.39, 0.29) is 0 Å². The molecular formula is C20H34N4. The number of hydrogen-bond acceptors (Lipinski definition) is 3. The minimum absolute atomic E-state index is 0.739. The monoisotopic (exact) mass is 330 g/mol. The van der Waals surface area contributed by atoms with Crippen molar-refractivity contribution in [3.63, 3.8) is 0 Å². The molecule has 4 nitrogen and oxygen atoms in total. The van der Waals surface area contributed by atoms with Gasteiger partial charge >= 0.3 is 0 Å². The van der Waals surface area contributed by atoms with E-state index in [0.717, 1.165) is 24.3 Å². The van der Waals surface area contributed by atoms with Gasteiger partial charge < -0.3 is 4.90 Å². The van der Waals surface area contributed by atoms with Crippen molar-refractivity contribution in [3.05, 3.63) is 17.5 Å². The lowest BCUT2D eigenvalue weighted by Crippen LogP contribution is -2.36. The third-order valence-corrected chi connectivity index (χ3v) is 6.89. The molecule has 1 atom stereocenters. The molecule has 3 aliphatic rings. The first-order valence-electron chi connectivity index (χ1n) is 10.2. The van der Waals surface area contributed by atoms with Crippen LogP contribution in [0, 0.1) is 11.8 Å². The summed E-state index contributed by atoms with van der Waals surface area (Å²) in [7, 11) is 2.28. The number of aromatic amines is 1. The van der Waals surface area contributed by atoms with Crippen LogP contribution in [-0.2, 0) is 6.54 Å². The quantitative estimate of drug-likeness (QED) is 0.916. The summed E-state index contributed by atoms with van der Waals surface area (Å²) >= 11 is 0. The van der Waals surface area contributed by atoms with E-state index in [0.29, 0.717) is 0 Å². The van der Waals surface area contributed by atoms with Crippen molar-refractivity contribution in [2.75, 3.05) is 33.2 Å². The number of rotatable bonds is 4. The molecule has 1 aromatic rings. The van der Waals surface area contributed by atoms with Crippen molar-refractivity contribution < 1.29 is 0 Å². The predicted molar refractivity (Wildman–Crippen MR) is 98.0 cm³/mol. The molecule has 0 aromatic carbocycles. The summed E-state index contributed by atoms with van der Waals surface area (Å²) < 4.78 is 0. The third kappa shape index (κ3) is 3.70. The molecule has 0 unspecified atom stereocenters. The second kappa shape index (κ2) is 7.57. The van der Waals surface area contributed by atoms with Gasteiger partial charge in [0.2, 0.25) is 0 Å². The Morgan fingerprint density at radius 2 is 1.75 bits per heavy atom. The van der Waals surface area contributed by atoms with E-state index in [1.807, 2.05) is 0 Å². The molecule has 134 valence electrons. The number of hydrogen-bond donors (Lipinski definition) is 1. The van der Waals surface area contributed by atoms with Crippen molar-refractivity contribution in [1.29, 1.82) is 0 Å². The lowest BCUT2D eigenvalue weighted by atomic mass is 9.83. The SMILES string of the molecule is CN1CC[C@@H](C2CCN(Cc3cn[nH]c3C3CCCCC3)CC2)C1. The third-order valence-electron chi connectivity index (χ3n) is 6.89. The summed E-state index contributed by atoms with van der Waals surface area (Å²) in [4.78, 5) is 5.19. The number of H-pyrrole nitrogens is 1. The van der Waals surface area contributed by atoms with Gasteiger partial charge in [0.25, 0.3) is 0 Å². The molecule has 1 saturated carbocycles. The number of nitrogens with one attached hydrogen (secondary N) is 1. The second-order valence-corrected chi connectivity index (χ2v) is 8.57. The highest BCUT2D eigenvalue weighted by Gasteiger charge is 2.31. The van der Waals surface area contributed by atoms with Crippen molar-refractivity contribution in [2.45, 2.75) is 63.8 Å². The summed E-state index contributed by atoms with van der Waals surface area (Å²) in [5, 5.41) is 7.73. The Kier molecular flexibility index (Phi) is 5.23. The van der Waals surface area contributed by atoms with Crippen LogP contribution >= 0.6 is 0 Å². The summed E-state index contributed by atoms with van der Waals surface area (Å²) in [6, 6.07) is 0. The van der Waals surface area contributed by atoms with Crippen molar-refractivity contribution in [3.8, 4) is 0 Å². The van der Waals surface area contributed by atoms with E-state index < -0.39 is 0 Å². The number of nitrogens with zero attached hydrogens (tertiary/aromatic N) is 3. The number of piperidine rings is 1. The fourth-order valence-corrected chi connectivity index (χ4v) is 5.37. The molecule has 1 aliphatic carbocycles. The maximum absolute atomic E-state index is 4.39. The van der Waals surface area contributed by atoms with Crippen LogP contribution in [0.4, 0.5) is 0 Å². The first-order chi connectivity index (χ1) is 11.8. The Labute approximate surface area is 147 Å². The molecule has 2 aliphatic heterocycles. The molecule has 1 aromatic heterocycles. The normalized spacial score (nSPS) is 28.6. The van der Waals surface area contributed by atoms with Crippen molar-refractivity contribution in [2.24, 2.45) is 11.8 Å². The molecular weight excluding hydrogens is 296 g/mol. The van der Waals surface area contributed by atoms with E-state index in [1.54, 1.807) is 0 Å². The standard InChI is InChI=1S/C20H34N4/c1-23-10-7-18(14-23)16-8-11-24(12-9-16)15-19-13-21-22-20(19)17-5-3-2-4-6-17/h13,16-18H,2-12,14-15H2,1H3,(H,21,22)/t18-/m1/s1. The van der Waals surface area contributed by atoms with Gasteiger partial charge in [-0.3, -0.25) is 10.00 Å². The lowest BCUT2D eigenvalue weighted by Gasteiger charge is -2.35.